The van der Waals surface area contributed by atoms with Crippen molar-refractivity contribution in [2.24, 2.45) is 5.10 Å². The number of nitrogens with one attached hydrogen (secondary N) is 3. The van der Waals surface area contributed by atoms with Gasteiger partial charge in [-0.2, -0.15) is 10.2 Å². The summed E-state index contributed by atoms with van der Waals surface area (Å²) in [6.45, 7) is 0.393. The molecule has 3 aromatic rings. The summed E-state index contributed by atoms with van der Waals surface area (Å²) in [7, 11) is 0. The minimum atomic E-state index is -0.710. The highest BCUT2D eigenvalue weighted by Gasteiger charge is 2.07. The molecule has 0 aliphatic carbocycles. The number of hydrogen-bond acceptors (Lipinski definition) is 7. The fourth-order valence-corrected chi connectivity index (χ4v) is 2.96. The number of amides is 1. The number of hydrogen-bond donors (Lipinski definition) is 3. The quantitative estimate of drug-likeness (QED) is 0.276. The highest BCUT2D eigenvalue weighted by molar-refractivity contribution is 7.99. The maximum Gasteiger partial charge on any atom is 0.342 e. The molecular formula is C19H16ClN5O4S. The van der Waals surface area contributed by atoms with Crippen LogP contribution in [-0.4, -0.2) is 33.1 Å². The molecule has 0 unspecified atom stereocenters. The number of halogens is 1. The van der Waals surface area contributed by atoms with Gasteiger partial charge in [-0.25, -0.2) is 15.3 Å². The summed E-state index contributed by atoms with van der Waals surface area (Å²) in [6.07, 6.45) is 1.47. The highest BCUT2D eigenvalue weighted by Crippen LogP contribution is 2.16. The normalized spacial score (nSPS) is 10.8. The van der Waals surface area contributed by atoms with Gasteiger partial charge in [-0.1, -0.05) is 47.6 Å². The smallest absolute Gasteiger partial charge is 0.342 e. The molecule has 1 amide bonds. The summed E-state index contributed by atoms with van der Waals surface area (Å²) in [5, 5.41) is 10.2. The van der Waals surface area contributed by atoms with E-state index in [1.54, 1.807) is 18.2 Å². The van der Waals surface area contributed by atoms with Crippen LogP contribution in [0.15, 0.2) is 68.2 Å². The predicted molar refractivity (Wildman–Crippen MR) is 114 cm³/mol. The molecule has 0 bridgehead atoms. The van der Waals surface area contributed by atoms with Gasteiger partial charge in [0.15, 0.2) is 5.03 Å². The van der Waals surface area contributed by atoms with Crippen LogP contribution < -0.4 is 21.4 Å². The first-order chi connectivity index (χ1) is 14.5. The average Bonchev–Trinajstić information content (AvgIpc) is 2.73. The van der Waals surface area contributed by atoms with E-state index in [1.807, 2.05) is 35.3 Å². The predicted octanol–water partition coefficient (Wildman–Crippen LogP) is 1.93. The zero-order valence-electron chi connectivity index (χ0n) is 15.4. The molecule has 0 fully saturated rings. The first-order valence-electron chi connectivity index (χ1n) is 8.60. The van der Waals surface area contributed by atoms with Crippen LogP contribution in [0.3, 0.4) is 0 Å². The summed E-state index contributed by atoms with van der Waals surface area (Å²) in [5.74, 6) is 0.127. The number of carbonyl (C=O) groups is 1. The maximum atomic E-state index is 11.8. The lowest BCUT2D eigenvalue weighted by Gasteiger charge is -2.07. The van der Waals surface area contributed by atoms with Gasteiger partial charge in [0.2, 0.25) is 5.91 Å². The van der Waals surface area contributed by atoms with Gasteiger partial charge in [0.1, 0.15) is 12.4 Å². The van der Waals surface area contributed by atoms with E-state index >= 15 is 0 Å². The summed E-state index contributed by atoms with van der Waals surface area (Å²) in [4.78, 5) is 36.3. The fourth-order valence-electron chi connectivity index (χ4n) is 2.21. The standard InChI is InChI=1S/C19H16ClN5O4S/c20-14-6-4-12(5-7-14)10-29-15-3-1-2-13(8-15)9-21-23-16(26)11-30-18-17(27)22-19(28)25-24-18/h1-9H,10-11H2,(H,23,26)(H2,22,25,27,28)/b21-9+. The van der Waals surface area contributed by atoms with Crippen molar-refractivity contribution in [3.05, 3.63) is 85.5 Å². The zero-order chi connectivity index (χ0) is 21.3. The van der Waals surface area contributed by atoms with Crippen LogP contribution in [0.5, 0.6) is 5.75 Å². The molecule has 0 atom stereocenters. The van der Waals surface area contributed by atoms with Crippen molar-refractivity contribution >= 4 is 35.5 Å². The molecule has 11 heteroatoms. The van der Waals surface area contributed by atoms with Gasteiger partial charge in [-0.15, -0.1) is 0 Å². The molecule has 3 rings (SSSR count). The Morgan fingerprint density at radius 2 is 2.03 bits per heavy atom. The molecule has 0 aliphatic heterocycles. The van der Waals surface area contributed by atoms with Crippen LogP contribution in [0.25, 0.3) is 0 Å². The molecule has 9 nitrogen and oxygen atoms in total. The second-order valence-electron chi connectivity index (χ2n) is 5.88. The number of aromatic amines is 2. The van der Waals surface area contributed by atoms with Crippen molar-refractivity contribution < 1.29 is 9.53 Å². The molecule has 1 heterocycles. The number of thioether (sulfide) groups is 1. The lowest BCUT2D eigenvalue weighted by molar-refractivity contribution is -0.118. The molecule has 1 aromatic heterocycles. The monoisotopic (exact) mass is 445 g/mol. The number of H-pyrrole nitrogens is 2. The Bertz CT molecular complexity index is 1160. The number of aromatic nitrogens is 3. The number of nitrogens with zero attached hydrogens (tertiary/aromatic N) is 2. The van der Waals surface area contributed by atoms with Gasteiger partial charge in [0.25, 0.3) is 5.56 Å². The molecule has 3 N–H and O–H groups in total. The molecule has 0 radical (unpaired) electrons. The van der Waals surface area contributed by atoms with Crippen LogP contribution in [-0.2, 0) is 11.4 Å². The van der Waals surface area contributed by atoms with Gasteiger partial charge in [-0.3, -0.25) is 14.6 Å². The van der Waals surface area contributed by atoms with Crippen LogP contribution in [0, 0.1) is 0 Å². The highest BCUT2D eigenvalue weighted by atomic mass is 35.5. The minimum Gasteiger partial charge on any atom is -0.489 e. The summed E-state index contributed by atoms with van der Waals surface area (Å²) >= 11 is 6.74. The molecule has 0 aliphatic rings. The molecule has 0 saturated heterocycles. The maximum absolute atomic E-state index is 11.8. The lowest BCUT2D eigenvalue weighted by atomic mass is 10.2. The van der Waals surface area contributed by atoms with Gasteiger partial charge < -0.3 is 4.74 Å². The van der Waals surface area contributed by atoms with Crippen LogP contribution in [0.1, 0.15) is 11.1 Å². The van der Waals surface area contributed by atoms with E-state index in [0.717, 1.165) is 22.9 Å². The van der Waals surface area contributed by atoms with Crippen LogP contribution >= 0.6 is 23.4 Å². The summed E-state index contributed by atoms with van der Waals surface area (Å²) in [5.41, 5.74) is 2.71. The number of hydrazone groups is 1. The third kappa shape index (κ3) is 6.61. The Morgan fingerprint density at radius 3 is 2.80 bits per heavy atom. The van der Waals surface area contributed by atoms with Crippen LogP contribution in [0.2, 0.25) is 5.02 Å². The SMILES string of the molecule is O=C(CSc1n[nH]c(=O)[nH]c1=O)N/N=C/c1cccc(OCc2ccc(Cl)cc2)c1. The van der Waals surface area contributed by atoms with Gasteiger partial charge in [-0.05, 0) is 35.4 Å². The topological polar surface area (TPSA) is 129 Å². The minimum absolute atomic E-state index is 0.0146. The van der Waals surface area contributed by atoms with E-state index < -0.39 is 17.2 Å². The Morgan fingerprint density at radius 1 is 1.23 bits per heavy atom. The van der Waals surface area contributed by atoms with Crippen molar-refractivity contribution in [2.45, 2.75) is 11.6 Å². The number of carbonyl (C=O) groups excluding carboxylic acids is 1. The Hall–Kier alpha value is -3.37. The van der Waals surface area contributed by atoms with E-state index in [2.05, 4.69) is 20.7 Å². The van der Waals surface area contributed by atoms with Crippen molar-refractivity contribution in [3.8, 4) is 5.75 Å². The van der Waals surface area contributed by atoms with E-state index in [0.29, 0.717) is 17.4 Å². The average molecular weight is 446 g/mol. The van der Waals surface area contributed by atoms with Crippen LogP contribution in [0.4, 0.5) is 0 Å². The molecule has 154 valence electrons. The number of ether oxygens (including phenoxy) is 1. The second-order valence-corrected chi connectivity index (χ2v) is 7.28. The Labute approximate surface area is 179 Å². The molecule has 2 aromatic carbocycles. The third-order valence-electron chi connectivity index (χ3n) is 3.60. The molecule has 0 spiro atoms. The number of benzene rings is 2. The van der Waals surface area contributed by atoms with E-state index in [1.165, 1.54) is 6.21 Å². The summed E-state index contributed by atoms with van der Waals surface area (Å²) < 4.78 is 5.75. The zero-order valence-corrected chi connectivity index (χ0v) is 17.0. The second kappa shape index (κ2) is 10.4. The van der Waals surface area contributed by atoms with Crippen molar-refractivity contribution in [2.75, 3.05) is 5.75 Å². The van der Waals surface area contributed by atoms with Crippen molar-refractivity contribution in [1.29, 1.82) is 0 Å². The Balaban J connectivity index is 1.48. The van der Waals surface area contributed by atoms with E-state index in [9.17, 15) is 14.4 Å². The fraction of sp³-hybridized carbons (Fsp3) is 0.105. The van der Waals surface area contributed by atoms with Gasteiger partial charge in [0.05, 0.1) is 12.0 Å². The summed E-state index contributed by atoms with van der Waals surface area (Å²) in [6, 6.07) is 14.6. The lowest BCUT2D eigenvalue weighted by Crippen LogP contribution is -2.26. The van der Waals surface area contributed by atoms with E-state index in [-0.39, 0.29) is 10.8 Å². The van der Waals surface area contributed by atoms with Crippen molar-refractivity contribution in [1.82, 2.24) is 20.6 Å². The van der Waals surface area contributed by atoms with Gasteiger partial charge >= 0.3 is 5.69 Å². The van der Waals surface area contributed by atoms with Gasteiger partial charge in [0, 0.05) is 5.02 Å². The molecule has 0 saturated carbocycles. The van der Waals surface area contributed by atoms with E-state index in [4.69, 9.17) is 16.3 Å². The third-order valence-corrected chi connectivity index (χ3v) is 4.81. The molecule has 30 heavy (non-hydrogen) atoms. The Kier molecular flexibility index (Phi) is 7.41. The first-order valence-corrected chi connectivity index (χ1v) is 9.97. The largest absolute Gasteiger partial charge is 0.489 e. The number of rotatable bonds is 8. The molecular weight excluding hydrogens is 430 g/mol. The van der Waals surface area contributed by atoms with Crippen molar-refractivity contribution in [3.63, 3.8) is 0 Å². The first kappa shape index (κ1) is 21.3.